The Balaban J connectivity index is 1.53. The van der Waals surface area contributed by atoms with Crippen molar-refractivity contribution in [1.29, 1.82) is 0 Å². The second kappa shape index (κ2) is 15.7. The monoisotopic (exact) mass is 705 g/mol. The molecule has 0 saturated carbocycles. The maximum atomic E-state index is 14.3. The third-order valence-electron chi connectivity index (χ3n) is 6.62. The molecule has 4 aromatic carbocycles. The quantitative estimate of drug-likeness (QED) is 0.0633. The highest BCUT2D eigenvalue weighted by Gasteiger charge is 2.42. The minimum absolute atomic E-state index is 0.146. The fourth-order valence-electron chi connectivity index (χ4n) is 4.30. The van der Waals surface area contributed by atoms with E-state index in [1.54, 1.807) is 66.8 Å². The molecule has 3 N–H and O–H groups in total. The van der Waals surface area contributed by atoms with Gasteiger partial charge < -0.3 is 20.7 Å². The number of carbonyl (C=O) groups excluding carboxylic acids is 3. The lowest BCUT2D eigenvalue weighted by Gasteiger charge is -2.17. The van der Waals surface area contributed by atoms with E-state index in [9.17, 15) is 45.1 Å². The molecule has 0 aliphatic rings. The molecule has 0 heterocycles. The molecule has 0 spiro atoms. The van der Waals surface area contributed by atoms with Crippen LogP contribution in [0.15, 0.2) is 89.5 Å². The van der Waals surface area contributed by atoms with Gasteiger partial charge in [0.05, 0.1) is 11.9 Å². The fourth-order valence-corrected chi connectivity index (χ4v) is 5.23. The Morgan fingerprint density at radius 3 is 2.10 bits per heavy atom. The Kier molecular flexibility index (Phi) is 11.7. The highest BCUT2D eigenvalue weighted by atomic mass is 32.2. The van der Waals surface area contributed by atoms with E-state index in [-0.39, 0.29) is 16.9 Å². The number of benzene rings is 4. The molecule has 4 rings (SSSR count). The molecule has 7 nitrogen and oxygen atoms in total. The van der Waals surface area contributed by atoms with Crippen molar-refractivity contribution in [2.24, 2.45) is 0 Å². The number of amides is 3. The molecule has 49 heavy (non-hydrogen) atoms. The molecule has 3 amide bonds. The van der Waals surface area contributed by atoms with Gasteiger partial charge in [-0.05, 0) is 56.3 Å². The Hall–Kier alpha value is -5.31. The van der Waals surface area contributed by atoms with Crippen LogP contribution in [0.5, 0.6) is 5.75 Å². The first-order chi connectivity index (χ1) is 23.2. The smallest absolute Gasteiger partial charge is 0.422 e. The maximum Gasteiger partial charge on any atom is 0.422 e. The van der Waals surface area contributed by atoms with Crippen LogP contribution >= 0.6 is 11.8 Å². The van der Waals surface area contributed by atoms with Gasteiger partial charge in [-0.1, -0.05) is 42.5 Å². The number of nitrogens with one attached hydrogen (secondary N) is 3. The normalized spacial score (nSPS) is 12.2. The summed E-state index contributed by atoms with van der Waals surface area (Å²) in [5, 5.41) is 5.64. The molecule has 1 unspecified atom stereocenters. The Morgan fingerprint density at radius 2 is 1.47 bits per heavy atom. The number of ether oxygens (including phenoxy) is 1. The Bertz CT molecular complexity index is 1870. The lowest BCUT2D eigenvalue weighted by molar-refractivity contribution is -0.143. The molecular weight excluding hydrogens is 679 g/mol. The molecule has 0 aliphatic heterocycles. The van der Waals surface area contributed by atoms with Crippen LogP contribution in [0.2, 0.25) is 0 Å². The van der Waals surface area contributed by atoms with E-state index in [1.165, 1.54) is 37.3 Å². The summed E-state index contributed by atoms with van der Waals surface area (Å²) in [6.07, 6.45) is -4.31. The summed E-state index contributed by atoms with van der Waals surface area (Å²) in [7, 11) is 0. The molecule has 0 aromatic heterocycles. The number of anilines is 2. The summed E-state index contributed by atoms with van der Waals surface area (Å²) < 4.78 is 101. The Morgan fingerprint density at radius 1 is 0.837 bits per heavy atom. The van der Waals surface area contributed by atoms with E-state index in [2.05, 4.69) is 10.6 Å². The van der Waals surface area contributed by atoms with Crippen molar-refractivity contribution in [1.82, 2.24) is 5.32 Å². The van der Waals surface area contributed by atoms with Crippen molar-refractivity contribution in [3.05, 3.63) is 125 Å². The van der Waals surface area contributed by atoms with Crippen molar-refractivity contribution in [2.45, 2.75) is 30.2 Å². The topological polar surface area (TPSA) is 96.5 Å². The second-order valence-electron chi connectivity index (χ2n) is 10.1. The van der Waals surface area contributed by atoms with Gasteiger partial charge in [0.15, 0.2) is 23.3 Å². The molecule has 0 aliphatic carbocycles. The van der Waals surface area contributed by atoms with E-state index in [4.69, 9.17) is 4.74 Å². The van der Waals surface area contributed by atoms with Crippen LogP contribution in [0, 0.1) is 23.3 Å². The van der Waals surface area contributed by atoms with E-state index in [1.807, 2.05) is 0 Å². The molecule has 1 atom stereocenters. The minimum Gasteiger partial charge on any atom is -0.493 e. The second-order valence-corrected chi connectivity index (χ2v) is 11.5. The fraction of sp³-hybridized carbons (Fsp3) is 0.147. The number of carbonyl (C=O) groups is 3. The summed E-state index contributed by atoms with van der Waals surface area (Å²) in [4.78, 5) is 39.5. The van der Waals surface area contributed by atoms with Crippen LogP contribution in [0.1, 0.15) is 35.3 Å². The van der Waals surface area contributed by atoms with E-state index < -0.39 is 63.7 Å². The largest absolute Gasteiger partial charge is 0.493 e. The van der Waals surface area contributed by atoms with Crippen molar-refractivity contribution >= 4 is 46.9 Å². The van der Waals surface area contributed by atoms with E-state index in [0.717, 1.165) is 11.8 Å². The van der Waals surface area contributed by atoms with Gasteiger partial charge in [0.2, 0.25) is 5.91 Å². The van der Waals surface area contributed by atoms with E-state index in [0.29, 0.717) is 22.8 Å². The van der Waals surface area contributed by atoms with Crippen LogP contribution in [-0.2, 0) is 15.8 Å². The summed E-state index contributed by atoms with van der Waals surface area (Å²) in [5.41, 5.74) is -3.65. The Labute approximate surface area is 279 Å². The van der Waals surface area contributed by atoms with Crippen LogP contribution < -0.4 is 20.7 Å². The number of hydrogen-bond acceptors (Lipinski definition) is 5. The first-order valence-electron chi connectivity index (χ1n) is 14.3. The van der Waals surface area contributed by atoms with Crippen LogP contribution in [0.25, 0.3) is 6.08 Å². The number of rotatable bonds is 11. The van der Waals surface area contributed by atoms with Crippen LogP contribution in [0.4, 0.5) is 42.1 Å². The lowest BCUT2D eigenvalue weighted by atomic mass is 10.1. The highest BCUT2D eigenvalue weighted by Crippen LogP contribution is 2.39. The SMILES string of the molecule is CCOc1ccccc1/C=C(/NC(=O)c1ccccc1)C(=O)Nc1cccc(SC(C)C(=O)Nc2c(F)c(F)c(C(F)(F)F)c(F)c2F)c1. The van der Waals surface area contributed by atoms with Crippen molar-refractivity contribution < 1.29 is 49.9 Å². The minimum atomic E-state index is -5.74. The number of alkyl halides is 3. The molecule has 256 valence electrons. The number of hydrogen-bond donors (Lipinski definition) is 3. The zero-order chi connectivity index (χ0) is 35.9. The van der Waals surface area contributed by atoms with Gasteiger partial charge in [-0.25, -0.2) is 17.6 Å². The predicted molar refractivity (Wildman–Crippen MR) is 170 cm³/mol. The highest BCUT2D eigenvalue weighted by molar-refractivity contribution is 8.00. The zero-order valence-electron chi connectivity index (χ0n) is 25.6. The van der Waals surface area contributed by atoms with Gasteiger partial charge >= 0.3 is 6.18 Å². The number of para-hydroxylation sites is 1. The summed E-state index contributed by atoms with van der Waals surface area (Å²) in [5.74, 6) is -12.3. The average Bonchev–Trinajstić information content (AvgIpc) is 3.06. The van der Waals surface area contributed by atoms with Gasteiger partial charge in [0, 0.05) is 21.7 Å². The molecule has 0 fully saturated rings. The van der Waals surface area contributed by atoms with Gasteiger partial charge in [0.25, 0.3) is 11.8 Å². The molecule has 15 heteroatoms. The molecule has 0 saturated heterocycles. The van der Waals surface area contributed by atoms with Crippen molar-refractivity contribution in [3.8, 4) is 5.75 Å². The number of thioether (sulfide) groups is 1. The van der Waals surface area contributed by atoms with Gasteiger partial charge in [-0.2, -0.15) is 13.2 Å². The van der Waals surface area contributed by atoms with Crippen LogP contribution in [0.3, 0.4) is 0 Å². The summed E-state index contributed by atoms with van der Waals surface area (Å²) in [6.45, 7) is 3.38. The lowest BCUT2D eigenvalue weighted by Crippen LogP contribution is -2.30. The standard InChI is InChI=1S/C34H26F7N3O4S/c1-3-48-24-15-8-7-12-20(24)16-23(43-32(46)19-10-5-4-6-11-19)33(47)42-21-13-9-14-22(17-21)49-18(2)31(45)44-30-28(37)26(35)25(34(39,40)41)27(36)29(30)38/h4-18H,3H2,1-2H3,(H,42,47)(H,43,46)(H,44,45)/b23-16+. The number of halogens is 7. The van der Waals surface area contributed by atoms with Gasteiger partial charge in [-0.3, -0.25) is 14.4 Å². The first kappa shape index (κ1) is 36.5. The first-order valence-corrected chi connectivity index (χ1v) is 15.2. The maximum absolute atomic E-state index is 14.3. The molecule has 0 radical (unpaired) electrons. The molecule has 4 aromatic rings. The summed E-state index contributed by atoms with van der Waals surface area (Å²) >= 11 is 0.789. The molecular formula is C34H26F7N3O4S. The predicted octanol–water partition coefficient (Wildman–Crippen LogP) is 8.19. The zero-order valence-corrected chi connectivity index (χ0v) is 26.4. The van der Waals surface area contributed by atoms with E-state index >= 15 is 0 Å². The van der Waals surface area contributed by atoms with Gasteiger partial charge in [-0.15, -0.1) is 11.8 Å². The average molecular weight is 706 g/mol. The third-order valence-corrected chi connectivity index (χ3v) is 7.71. The van der Waals surface area contributed by atoms with Crippen molar-refractivity contribution in [3.63, 3.8) is 0 Å². The molecule has 0 bridgehead atoms. The summed E-state index contributed by atoms with van der Waals surface area (Å²) in [6, 6.07) is 20.9. The van der Waals surface area contributed by atoms with Gasteiger partial charge in [0.1, 0.15) is 22.7 Å². The third kappa shape index (κ3) is 8.99. The van der Waals surface area contributed by atoms with Crippen LogP contribution in [-0.4, -0.2) is 29.6 Å². The van der Waals surface area contributed by atoms with Crippen molar-refractivity contribution in [2.75, 3.05) is 17.2 Å².